The maximum Gasteiger partial charge on any atom is 0.355 e. The Morgan fingerprint density at radius 1 is 0.699 bits per heavy atom. The second-order valence-electron chi connectivity index (χ2n) is 17.2. The van der Waals surface area contributed by atoms with Gasteiger partial charge in [0.25, 0.3) is 11.8 Å². The number of aromatic nitrogens is 1. The molecule has 73 heavy (non-hydrogen) atoms. The van der Waals surface area contributed by atoms with Crippen molar-refractivity contribution < 1.29 is 28.7 Å². The molecular formula is C59H48IN5O6S2. The molecule has 3 heterocycles. The zero-order valence-electron chi connectivity index (χ0n) is 39.5. The summed E-state index contributed by atoms with van der Waals surface area (Å²) >= 11 is 4.98. The van der Waals surface area contributed by atoms with Gasteiger partial charge in [-0.1, -0.05) is 222 Å². The molecule has 1 aromatic heterocycles. The van der Waals surface area contributed by atoms with Gasteiger partial charge in [0.15, 0.2) is 10.8 Å². The van der Waals surface area contributed by atoms with Crippen LogP contribution in [0.25, 0.3) is 0 Å². The fourth-order valence-electron chi connectivity index (χ4n) is 9.30. The second kappa shape index (κ2) is 22.1. The number of methoxy groups -OCH3 is 1. The molecule has 2 aliphatic rings. The molecule has 7 aromatic carbocycles. The van der Waals surface area contributed by atoms with E-state index < -0.39 is 40.3 Å². The van der Waals surface area contributed by atoms with E-state index >= 15 is 4.79 Å². The topological polar surface area (TPSA) is 131 Å². The van der Waals surface area contributed by atoms with Crippen molar-refractivity contribution in [2.75, 3.05) is 22.6 Å². The lowest BCUT2D eigenvalue weighted by Crippen LogP contribution is -2.71. The lowest BCUT2D eigenvalue weighted by atomic mass is 9.77. The summed E-state index contributed by atoms with van der Waals surface area (Å²) < 4.78 is 11.6. The number of β-lactam (4-membered cyclic amide) rings is 1. The van der Waals surface area contributed by atoms with Gasteiger partial charge < -0.3 is 24.9 Å². The van der Waals surface area contributed by atoms with Crippen LogP contribution in [0, 0.1) is 0 Å². The summed E-state index contributed by atoms with van der Waals surface area (Å²) in [7, 11) is 1.59. The van der Waals surface area contributed by atoms with Crippen LogP contribution in [-0.4, -0.2) is 62.1 Å². The number of nitrogens with one attached hydrogen (secondary N) is 2. The molecule has 2 N–H and O–H groups in total. The van der Waals surface area contributed by atoms with E-state index in [0.29, 0.717) is 21.1 Å². The van der Waals surface area contributed by atoms with Crippen molar-refractivity contribution in [1.29, 1.82) is 0 Å². The number of halogens is 1. The van der Waals surface area contributed by atoms with Crippen LogP contribution in [0.15, 0.2) is 228 Å². The summed E-state index contributed by atoms with van der Waals surface area (Å²) in [6, 6.07) is 65.9. The van der Waals surface area contributed by atoms with E-state index in [1.54, 1.807) is 24.6 Å². The van der Waals surface area contributed by atoms with Gasteiger partial charge in [-0.15, -0.1) is 23.1 Å². The first-order chi connectivity index (χ1) is 35.8. The maximum atomic E-state index is 15.2. The Morgan fingerprint density at radius 2 is 1.18 bits per heavy atom. The van der Waals surface area contributed by atoms with E-state index in [0.717, 1.165) is 44.5 Å². The van der Waals surface area contributed by atoms with Crippen LogP contribution in [-0.2, 0) is 41.7 Å². The molecular weight excluding hydrogens is 1070 g/mol. The molecule has 14 heteroatoms. The van der Waals surface area contributed by atoms with Gasteiger partial charge >= 0.3 is 5.97 Å². The lowest BCUT2D eigenvalue weighted by molar-refractivity contribution is -0.153. The number of alkyl halides is 1. The average Bonchev–Trinajstić information content (AvgIpc) is 3.93. The van der Waals surface area contributed by atoms with Crippen molar-refractivity contribution in [2.24, 2.45) is 5.16 Å². The Labute approximate surface area is 445 Å². The average molecular weight is 1110 g/mol. The SMILES string of the molecule is COc1ccc(COC(=O)C2=C(CI)CS[C@H]3[C@H](NC(=O)C(=NOC(c4ccccc4)(c4ccccc4)c4ccccc4)c4csc(NC(c5ccccc5)(c5ccccc5)c5ccccc5)n4)C(=O)N23)cc1. The van der Waals surface area contributed by atoms with Crippen LogP contribution >= 0.6 is 45.7 Å². The molecule has 1 saturated heterocycles. The Bertz CT molecular complexity index is 3060. The van der Waals surface area contributed by atoms with Crippen LogP contribution in [0.3, 0.4) is 0 Å². The van der Waals surface area contributed by atoms with Gasteiger partial charge in [0.2, 0.25) is 5.60 Å². The van der Waals surface area contributed by atoms with Crippen molar-refractivity contribution in [1.82, 2.24) is 15.2 Å². The maximum absolute atomic E-state index is 15.2. The number of ether oxygens (including phenoxy) is 2. The first-order valence-electron chi connectivity index (χ1n) is 23.5. The molecule has 0 radical (unpaired) electrons. The standard InChI is InChI=1S/C59H48IN5O6S2/c1-69-48-34-32-40(33-35-48)37-70-56(68)52-41(36-60)38-72-55-51(54(67)65(52)55)62-53(66)50(64-71-59(45-26-14-5-15-27-45,46-28-16-6-17-29-46)47-30-18-7-19-31-47)49-39-73-57(61-49)63-58(42-20-8-2-9-21-42,43-22-10-3-11-23-43)44-24-12-4-13-25-44/h2-35,39,51,55H,36-38H2,1H3,(H,61,63)(H,62,66)/t51-,55+/m1/s1. The third-order valence-electron chi connectivity index (χ3n) is 12.9. The van der Waals surface area contributed by atoms with Gasteiger partial charge in [-0.2, -0.15) is 0 Å². The van der Waals surface area contributed by atoms with Crippen molar-refractivity contribution in [3.05, 3.63) is 268 Å². The minimum absolute atomic E-state index is 0.00473. The van der Waals surface area contributed by atoms with Gasteiger partial charge in [-0.05, 0) is 40.0 Å². The van der Waals surface area contributed by atoms with Crippen molar-refractivity contribution in [2.45, 2.75) is 29.2 Å². The zero-order valence-corrected chi connectivity index (χ0v) is 43.3. The lowest BCUT2D eigenvalue weighted by Gasteiger charge is -2.49. The molecule has 11 nitrogen and oxygen atoms in total. The van der Waals surface area contributed by atoms with Crippen LogP contribution in [0.4, 0.5) is 5.13 Å². The number of rotatable bonds is 18. The van der Waals surface area contributed by atoms with Crippen LogP contribution in [0.1, 0.15) is 44.6 Å². The summed E-state index contributed by atoms with van der Waals surface area (Å²) in [5.41, 5.74) is 4.74. The van der Waals surface area contributed by atoms with E-state index in [1.807, 2.05) is 158 Å². The minimum atomic E-state index is -1.35. The Balaban J connectivity index is 1.03. The molecule has 0 bridgehead atoms. The highest BCUT2D eigenvalue weighted by atomic mass is 127. The number of fused-ring (bicyclic) bond motifs is 1. The van der Waals surface area contributed by atoms with Gasteiger partial charge in [0.1, 0.15) is 40.7 Å². The van der Waals surface area contributed by atoms with Gasteiger partial charge in [-0.25, -0.2) is 9.78 Å². The largest absolute Gasteiger partial charge is 0.497 e. The molecule has 8 aromatic rings. The van der Waals surface area contributed by atoms with Crippen LogP contribution in [0.5, 0.6) is 5.75 Å². The summed E-state index contributed by atoms with van der Waals surface area (Å²) in [5, 5.41) is 13.3. The number of carbonyl (C=O) groups excluding carboxylic acids is 3. The highest BCUT2D eigenvalue weighted by Crippen LogP contribution is 2.44. The predicted molar refractivity (Wildman–Crippen MR) is 296 cm³/mol. The van der Waals surface area contributed by atoms with Crippen molar-refractivity contribution in [3.63, 3.8) is 0 Å². The van der Waals surface area contributed by atoms with Gasteiger partial charge in [0, 0.05) is 32.3 Å². The normalized spacial score (nSPS) is 15.7. The number of amides is 2. The predicted octanol–water partition coefficient (Wildman–Crippen LogP) is 11.1. The van der Waals surface area contributed by atoms with Crippen molar-refractivity contribution >= 4 is 74.3 Å². The first-order valence-corrected chi connectivity index (χ1v) is 27.0. The number of carbonyl (C=O) groups is 3. The summed E-state index contributed by atoms with van der Waals surface area (Å²) in [4.78, 5) is 57.0. The van der Waals surface area contributed by atoms with Gasteiger partial charge in [0.05, 0.1) is 7.11 Å². The number of benzene rings is 7. The van der Waals surface area contributed by atoms with E-state index in [-0.39, 0.29) is 23.7 Å². The van der Waals surface area contributed by atoms with E-state index in [2.05, 4.69) is 69.6 Å². The summed E-state index contributed by atoms with van der Waals surface area (Å²) in [5.74, 6) is -0.605. The smallest absolute Gasteiger partial charge is 0.355 e. The van der Waals surface area contributed by atoms with E-state index in [1.165, 1.54) is 28.0 Å². The molecule has 1 fully saturated rings. The number of nitrogens with zero attached hydrogens (tertiary/aromatic N) is 3. The highest BCUT2D eigenvalue weighted by molar-refractivity contribution is 14.1. The number of thioether (sulfide) groups is 1. The fraction of sp³-hybridized carbons (Fsp3) is 0.136. The monoisotopic (exact) mass is 1110 g/mol. The number of hydrogen-bond acceptors (Lipinski definition) is 11. The van der Waals surface area contributed by atoms with E-state index in [4.69, 9.17) is 24.5 Å². The second-order valence-corrected chi connectivity index (χ2v) is 19.9. The Hall–Kier alpha value is -7.53. The number of thiazole rings is 1. The molecule has 2 amide bonds. The number of hydrogen-bond donors (Lipinski definition) is 2. The molecule has 2 aliphatic heterocycles. The third kappa shape index (κ3) is 9.77. The quantitative estimate of drug-likeness (QED) is 0.0164. The van der Waals surface area contributed by atoms with Crippen molar-refractivity contribution in [3.8, 4) is 5.75 Å². The molecule has 364 valence electrons. The molecule has 0 saturated carbocycles. The Kier molecular flexibility index (Phi) is 14.8. The third-order valence-corrected chi connectivity index (χ3v) is 15.9. The summed E-state index contributed by atoms with van der Waals surface area (Å²) in [6.45, 7) is 0.00473. The van der Waals surface area contributed by atoms with Crippen LogP contribution in [0.2, 0.25) is 0 Å². The molecule has 0 aliphatic carbocycles. The van der Waals surface area contributed by atoms with E-state index in [9.17, 15) is 9.59 Å². The fourth-order valence-corrected chi connectivity index (χ4v) is 12.4. The molecule has 2 atom stereocenters. The zero-order chi connectivity index (χ0) is 50.2. The first kappa shape index (κ1) is 49.1. The number of oxime groups is 1. The van der Waals surface area contributed by atoms with Gasteiger partial charge in [-0.3, -0.25) is 14.5 Å². The molecule has 0 spiro atoms. The van der Waals surface area contributed by atoms with Crippen LogP contribution < -0.4 is 15.4 Å². The minimum Gasteiger partial charge on any atom is -0.497 e. The Morgan fingerprint density at radius 3 is 1.64 bits per heavy atom. The number of esters is 1. The highest BCUT2D eigenvalue weighted by Gasteiger charge is 2.55. The molecule has 10 rings (SSSR count). The number of anilines is 1. The molecule has 0 unspecified atom stereocenters. The summed E-state index contributed by atoms with van der Waals surface area (Å²) in [6.07, 6.45) is 0.